The molecule has 0 saturated carbocycles. The Hall–Kier alpha value is -2.77. The molecule has 0 aliphatic carbocycles. The van der Waals surface area contributed by atoms with Gasteiger partial charge < -0.3 is 9.84 Å². The van der Waals surface area contributed by atoms with E-state index >= 15 is 0 Å². The second-order valence-corrected chi connectivity index (χ2v) is 10.4. The summed E-state index contributed by atoms with van der Waals surface area (Å²) < 4.78 is 57.7. The maximum absolute atomic E-state index is 12.9. The topological polar surface area (TPSA) is 156 Å². The number of aromatic nitrogens is 1. The quantitative estimate of drug-likeness (QED) is 0.642. The van der Waals surface area contributed by atoms with Crippen molar-refractivity contribution in [2.75, 3.05) is 15.4 Å². The molecular weight excluding hydrogens is 436 g/mol. The number of nitrogens with one attached hydrogen (secondary N) is 2. The van der Waals surface area contributed by atoms with Gasteiger partial charge in [-0.2, -0.15) is 4.72 Å². The Kier molecular flexibility index (Phi) is 5.71. The third-order valence-corrected chi connectivity index (χ3v) is 7.75. The van der Waals surface area contributed by atoms with Crippen LogP contribution in [0.5, 0.6) is 0 Å². The van der Waals surface area contributed by atoms with E-state index in [4.69, 9.17) is 4.52 Å². The van der Waals surface area contributed by atoms with E-state index in [1.165, 1.54) is 32.0 Å². The van der Waals surface area contributed by atoms with Gasteiger partial charge in [-0.15, -0.1) is 0 Å². The number of amides is 2. The first-order valence-corrected chi connectivity index (χ1v) is 11.9. The van der Waals surface area contributed by atoms with Gasteiger partial charge >= 0.3 is 0 Å². The highest BCUT2D eigenvalue weighted by atomic mass is 32.2. The van der Waals surface area contributed by atoms with Crippen LogP contribution in [0.3, 0.4) is 0 Å². The van der Waals surface area contributed by atoms with Gasteiger partial charge in [-0.05, 0) is 38.5 Å². The third-order valence-electron chi connectivity index (χ3n) is 4.38. The van der Waals surface area contributed by atoms with Crippen molar-refractivity contribution >= 4 is 43.4 Å². The molecule has 2 amide bonds. The molecule has 3 rings (SSSR count). The van der Waals surface area contributed by atoms with Crippen molar-refractivity contribution in [1.29, 1.82) is 0 Å². The zero-order valence-electron chi connectivity index (χ0n) is 16.4. The molecular formula is C17H20N4O7S2. The third kappa shape index (κ3) is 4.37. The van der Waals surface area contributed by atoms with E-state index in [9.17, 15) is 26.4 Å². The first-order valence-electron chi connectivity index (χ1n) is 8.84. The smallest absolute Gasteiger partial charge is 0.243 e. The Morgan fingerprint density at radius 3 is 2.53 bits per heavy atom. The maximum Gasteiger partial charge on any atom is 0.243 e. The highest BCUT2D eigenvalue weighted by Crippen LogP contribution is 2.29. The summed E-state index contributed by atoms with van der Waals surface area (Å²) in [5.41, 5.74) is 0.244. The number of sulfonamides is 2. The molecule has 1 aliphatic rings. The van der Waals surface area contributed by atoms with Gasteiger partial charge in [0, 0.05) is 12.5 Å². The molecule has 0 unspecified atom stereocenters. The molecule has 1 aromatic carbocycles. The molecule has 0 spiro atoms. The molecule has 13 heteroatoms. The molecule has 2 heterocycles. The average molecular weight is 457 g/mol. The van der Waals surface area contributed by atoms with Crippen LogP contribution in [-0.4, -0.2) is 45.6 Å². The molecule has 1 aromatic heterocycles. The zero-order valence-corrected chi connectivity index (χ0v) is 18.0. The Balaban J connectivity index is 1.85. The van der Waals surface area contributed by atoms with E-state index in [0.29, 0.717) is 15.6 Å². The molecule has 11 nitrogen and oxygen atoms in total. The van der Waals surface area contributed by atoms with Gasteiger partial charge in [0.25, 0.3) is 0 Å². The van der Waals surface area contributed by atoms with Crippen molar-refractivity contribution in [2.24, 2.45) is 0 Å². The van der Waals surface area contributed by atoms with Gasteiger partial charge in [-0.3, -0.25) is 9.59 Å². The van der Waals surface area contributed by atoms with Gasteiger partial charge in [-0.1, -0.05) is 11.2 Å². The number of carbonyl (C=O) groups is 2. The lowest BCUT2D eigenvalue weighted by atomic mass is 10.2. The fraction of sp³-hybridized carbons (Fsp3) is 0.353. The molecule has 1 saturated heterocycles. The van der Waals surface area contributed by atoms with Crippen LogP contribution >= 0.6 is 0 Å². The Morgan fingerprint density at radius 1 is 1.27 bits per heavy atom. The Bertz CT molecular complexity index is 1220. The van der Waals surface area contributed by atoms with Crippen LogP contribution in [0.1, 0.15) is 24.7 Å². The summed E-state index contributed by atoms with van der Waals surface area (Å²) >= 11 is 0. The van der Waals surface area contributed by atoms with Crippen LogP contribution in [0.2, 0.25) is 0 Å². The van der Waals surface area contributed by atoms with Crippen molar-refractivity contribution in [2.45, 2.75) is 38.1 Å². The summed E-state index contributed by atoms with van der Waals surface area (Å²) in [7, 11) is -8.06. The second kappa shape index (κ2) is 7.81. The van der Waals surface area contributed by atoms with Crippen LogP contribution in [-0.2, 0) is 29.6 Å². The first kappa shape index (κ1) is 21.9. The standard InChI is InChI=1S/C17H20N4O7S2/c1-10-4-5-13(21-16(22)6-7-29(21,24)25)9-14(10)30(26,27)20-12(3)17(23)18-15-8-11(2)28-19-15/h4-5,8-9,12,20H,6-7H2,1-3H3,(H,18,19,23)/t12-/m1/s1. The van der Waals surface area contributed by atoms with Gasteiger partial charge in [0.1, 0.15) is 5.76 Å². The van der Waals surface area contributed by atoms with E-state index in [-0.39, 0.29) is 28.6 Å². The van der Waals surface area contributed by atoms with Crippen LogP contribution in [0.25, 0.3) is 0 Å². The molecule has 1 aliphatic heterocycles. The van der Waals surface area contributed by atoms with Crippen LogP contribution in [0.4, 0.5) is 11.5 Å². The molecule has 2 N–H and O–H groups in total. The fourth-order valence-electron chi connectivity index (χ4n) is 2.88. The Labute approximate surface area is 173 Å². The lowest BCUT2D eigenvalue weighted by Crippen LogP contribution is -2.41. The summed E-state index contributed by atoms with van der Waals surface area (Å²) in [6, 6.07) is 4.16. The van der Waals surface area contributed by atoms with Crippen molar-refractivity contribution < 1.29 is 30.9 Å². The summed E-state index contributed by atoms with van der Waals surface area (Å²) in [6.07, 6.45) is -0.171. The predicted octanol–water partition coefficient (Wildman–Crippen LogP) is 0.663. The van der Waals surface area contributed by atoms with E-state index in [1.54, 1.807) is 6.92 Å². The number of carbonyl (C=O) groups excluding carboxylic acids is 2. The summed E-state index contributed by atoms with van der Waals surface area (Å²) in [5.74, 6) is -1.03. The monoisotopic (exact) mass is 456 g/mol. The van der Waals surface area contributed by atoms with Crippen molar-refractivity contribution in [1.82, 2.24) is 9.88 Å². The molecule has 0 radical (unpaired) electrons. The van der Waals surface area contributed by atoms with Crippen molar-refractivity contribution in [3.05, 3.63) is 35.6 Å². The number of benzene rings is 1. The van der Waals surface area contributed by atoms with Gasteiger partial charge in [0.15, 0.2) is 5.82 Å². The fourth-order valence-corrected chi connectivity index (χ4v) is 5.80. The minimum Gasteiger partial charge on any atom is -0.360 e. The molecule has 30 heavy (non-hydrogen) atoms. The SMILES string of the molecule is Cc1cc(NC(=O)[C@@H](C)NS(=O)(=O)c2cc(N3C(=O)CCS3(=O)=O)ccc2C)no1. The molecule has 0 bridgehead atoms. The number of anilines is 2. The lowest BCUT2D eigenvalue weighted by Gasteiger charge is -2.18. The van der Waals surface area contributed by atoms with Crippen molar-refractivity contribution in [3.8, 4) is 0 Å². The van der Waals surface area contributed by atoms with E-state index in [0.717, 1.165) is 6.07 Å². The maximum atomic E-state index is 12.9. The summed E-state index contributed by atoms with van der Waals surface area (Å²) in [6.45, 7) is 4.49. The van der Waals surface area contributed by atoms with Gasteiger partial charge in [-0.25, -0.2) is 21.1 Å². The first-order chi connectivity index (χ1) is 13.9. The minimum atomic E-state index is -4.22. The number of aryl methyl sites for hydroxylation is 2. The number of nitrogens with zero attached hydrogens (tertiary/aromatic N) is 2. The highest BCUT2D eigenvalue weighted by Gasteiger charge is 2.37. The number of hydrogen-bond acceptors (Lipinski definition) is 8. The summed E-state index contributed by atoms with van der Waals surface area (Å²) in [5, 5.41) is 6.03. The molecule has 2 aromatic rings. The van der Waals surface area contributed by atoms with E-state index in [1.807, 2.05) is 0 Å². The molecule has 1 fully saturated rings. The second-order valence-electron chi connectivity index (χ2n) is 6.83. The van der Waals surface area contributed by atoms with E-state index in [2.05, 4.69) is 15.2 Å². The summed E-state index contributed by atoms with van der Waals surface area (Å²) in [4.78, 5) is 24.0. The molecule has 162 valence electrons. The average Bonchev–Trinajstić information content (AvgIpc) is 3.17. The van der Waals surface area contributed by atoms with Gasteiger partial charge in [0.05, 0.1) is 22.4 Å². The van der Waals surface area contributed by atoms with Crippen LogP contribution in [0, 0.1) is 13.8 Å². The lowest BCUT2D eigenvalue weighted by molar-refractivity contribution is -0.117. The minimum absolute atomic E-state index is 0.0707. The zero-order chi connectivity index (χ0) is 22.3. The van der Waals surface area contributed by atoms with Crippen LogP contribution < -0.4 is 14.3 Å². The van der Waals surface area contributed by atoms with Gasteiger partial charge in [0.2, 0.25) is 31.9 Å². The Morgan fingerprint density at radius 2 is 1.97 bits per heavy atom. The number of rotatable bonds is 6. The number of hydrogen-bond donors (Lipinski definition) is 2. The van der Waals surface area contributed by atoms with E-state index < -0.39 is 37.9 Å². The normalized spacial score (nSPS) is 17.2. The highest BCUT2D eigenvalue weighted by molar-refractivity contribution is 7.94. The van der Waals surface area contributed by atoms with Crippen molar-refractivity contribution in [3.63, 3.8) is 0 Å². The predicted molar refractivity (Wildman–Crippen MR) is 107 cm³/mol. The largest absolute Gasteiger partial charge is 0.360 e. The molecule has 1 atom stereocenters. The van der Waals surface area contributed by atoms with Crippen LogP contribution in [0.15, 0.2) is 33.7 Å².